The highest BCUT2D eigenvalue weighted by molar-refractivity contribution is 7.89. The Morgan fingerprint density at radius 2 is 2.07 bits per heavy atom. The first kappa shape index (κ1) is 11.9. The van der Waals surface area contributed by atoms with E-state index in [0.717, 1.165) is 6.42 Å². The Labute approximate surface area is 86.0 Å². The molecule has 0 aromatic carbocycles. The van der Waals surface area contributed by atoms with Crippen molar-refractivity contribution in [3.05, 3.63) is 0 Å². The SMILES string of the molecule is CC1(C)CCN(S(=O)(=O)CCCO)C1. The predicted molar refractivity (Wildman–Crippen MR) is 55.5 cm³/mol. The van der Waals surface area contributed by atoms with Crippen molar-refractivity contribution in [1.82, 2.24) is 4.31 Å². The second kappa shape index (κ2) is 4.16. The van der Waals surface area contributed by atoms with Gasteiger partial charge in [0.2, 0.25) is 10.0 Å². The first-order chi connectivity index (χ1) is 6.37. The van der Waals surface area contributed by atoms with Crippen LogP contribution in [0.3, 0.4) is 0 Å². The van der Waals surface area contributed by atoms with Gasteiger partial charge in [0.1, 0.15) is 0 Å². The van der Waals surface area contributed by atoms with E-state index >= 15 is 0 Å². The molecular weight excluding hydrogens is 202 g/mol. The monoisotopic (exact) mass is 221 g/mol. The highest BCUT2D eigenvalue weighted by Gasteiger charge is 2.35. The molecule has 1 saturated heterocycles. The molecule has 84 valence electrons. The molecule has 0 aromatic rings. The van der Waals surface area contributed by atoms with Crippen LogP contribution in [0.25, 0.3) is 0 Å². The van der Waals surface area contributed by atoms with Gasteiger partial charge in [-0.2, -0.15) is 0 Å². The Balaban J connectivity index is 2.58. The summed E-state index contributed by atoms with van der Waals surface area (Å²) in [6.07, 6.45) is 1.25. The van der Waals surface area contributed by atoms with Gasteiger partial charge in [0.05, 0.1) is 5.75 Å². The van der Waals surface area contributed by atoms with E-state index in [2.05, 4.69) is 13.8 Å². The number of nitrogens with zero attached hydrogens (tertiary/aromatic N) is 1. The molecule has 1 fully saturated rings. The van der Waals surface area contributed by atoms with Gasteiger partial charge in [-0.25, -0.2) is 12.7 Å². The lowest BCUT2D eigenvalue weighted by molar-refractivity contribution is 0.294. The minimum Gasteiger partial charge on any atom is -0.396 e. The van der Waals surface area contributed by atoms with Crippen LogP contribution in [0.5, 0.6) is 0 Å². The van der Waals surface area contributed by atoms with Crippen LogP contribution < -0.4 is 0 Å². The normalized spacial score (nSPS) is 22.8. The zero-order valence-electron chi connectivity index (χ0n) is 8.86. The summed E-state index contributed by atoms with van der Waals surface area (Å²) in [5.41, 5.74) is 0.103. The Morgan fingerprint density at radius 1 is 1.43 bits per heavy atom. The highest BCUT2D eigenvalue weighted by atomic mass is 32.2. The molecule has 0 atom stereocenters. The summed E-state index contributed by atoms with van der Waals surface area (Å²) >= 11 is 0. The molecule has 1 aliphatic rings. The first-order valence-corrected chi connectivity index (χ1v) is 6.57. The van der Waals surface area contributed by atoms with E-state index in [1.165, 1.54) is 0 Å². The van der Waals surface area contributed by atoms with Crippen molar-refractivity contribution < 1.29 is 13.5 Å². The van der Waals surface area contributed by atoms with Crippen LogP contribution in [0.1, 0.15) is 26.7 Å². The maximum atomic E-state index is 11.7. The number of hydrogen-bond acceptors (Lipinski definition) is 3. The van der Waals surface area contributed by atoms with Gasteiger partial charge in [0, 0.05) is 19.7 Å². The molecule has 14 heavy (non-hydrogen) atoms. The van der Waals surface area contributed by atoms with Gasteiger partial charge in [-0.05, 0) is 18.3 Å². The van der Waals surface area contributed by atoms with Crippen molar-refractivity contribution in [2.45, 2.75) is 26.7 Å². The Bertz CT molecular complexity index is 284. The summed E-state index contributed by atoms with van der Waals surface area (Å²) in [6, 6.07) is 0. The third-order valence-electron chi connectivity index (χ3n) is 2.60. The summed E-state index contributed by atoms with van der Waals surface area (Å²) in [7, 11) is -3.12. The highest BCUT2D eigenvalue weighted by Crippen LogP contribution is 2.30. The number of sulfonamides is 1. The molecular formula is C9H19NO3S. The zero-order chi connectivity index (χ0) is 10.8. The quantitative estimate of drug-likeness (QED) is 0.749. The van der Waals surface area contributed by atoms with Crippen LogP contribution in [0, 0.1) is 5.41 Å². The molecule has 0 aliphatic carbocycles. The van der Waals surface area contributed by atoms with Crippen molar-refractivity contribution >= 4 is 10.0 Å². The van der Waals surface area contributed by atoms with Crippen LogP contribution in [0.15, 0.2) is 0 Å². The second-order valence-corrected chi connectivity index (χ2v) is 6.73. The summed E-state index contributed by atoms with van der Waals surface area (Å²) in [5, 5.41) is 8.59. The van der Waals surface area contributed by atoms with Crippen LogP contribution in [0.4, 0.5) is 0 Å². The van der Waals surface area contributed by atoms with Gasteiger partial charge in [-0.1, -0.05) is 13.8 Å². The van der Waals surface area contributed by atoms with E-state index in [0.29, 0.717) is 19.5 Å². The molecule has 5 heteroatoms. The molecule has 1 heterocycles. The molecule has 0 saturated carbocycles. The fourth-order valence-corrected chi connectivity index (χ4v) is 3.34. The van der Waals surface area contributed by atoms with Crippen molar-refractivity contribution in [1.29, 1.82) is 0 Å². The lowest BCUT2D eigenvalue weighted by atomic mass is 9.93. The molecule has 0 aromatic heterocycles. The van der Waals surface area contributed by atoms with Gasteiger partial charge < -0.3 is 5.11 Å². The molecule has 0 bridgehead atoms. The summed E-state index contributed by atoms with van der Waals surface area (Å²) < 4.78 is 24.9. The standard InChI is InChI=1S/C9H19NO3S/c1-9(2)4-5-10(8-9)14(12,13)7-3-6-11/h11H,3-8H2,1-2H3. The molecule has 0 unspecified atom stereocenters. The van der Waals surface area contributed by atoms with Crippen molar-refractivity contribution in [2.24, 2.45) is 5.41 Å². The minimum absolute atomic E-state index is 0.0591. The van der Waals surface area contributed by atoms with E-state index in [1.54, 1.807) is 4.31 Å². The summed E-state index contributed by atoms with van der Waals surface area (Å²) in [5.74, 6) is 0.0690. The van der Waals surface area contributed by atoms with E-state index in [1.807, 2.05) is 0 Å². The molecule has 0 amide bonds. The zero-order valence-corrected chi connectivity index (χ0v) is 9.68. The van der Waals surface area contributed by atoms with Crippen LogP contribution in [-0.4, -0.2) is 43.3 Å². The number of rotatable bonds is 4. The topological polar surface area (TPSA) is 57.6 Å². The second-order valence-electron chi connectivity index (χ2n) is 4.64. The van der Waals surface area contributed by atoms with Crippen molar-refractivity contribution in [2.75, 3.05) is 25.4 Å². The molecule has 0 spiro atoms. The smallest absolute Gasteiger partial charge is 0.214 e. The van der Waals surface area contributed by atoms with Crippen LogP contribution in [0.2, 0.25) is 0 Å². The van der Waals surface area contributed by atoms with E-state index in [4.69, 9.17) is 5.11 Å². The molecule has 0 radical (unpaired) electrons. The Kier molecular flexibility index (Phi) is 3.55. The average Bonchev–Trinajstić information content (AvgIpc) is 2.43. The Hall–Kier alpha value is -0.130. The lowest BCUT2D eigenvalue weighted by Crippen LogP contribution is -2.32. The van der Waals surface area contributed by atoms with Crippen LogP contribution in [-0.2, 0) is 10.0 Å². The van der Waals surface area contributed by atoms with Crippen molar-refractivity contribution in [3.63, 3.8) is 0 Å². The molecule has 4 nitrogen and oxygen atoms in total. The van der Waals surface area contributed by atoms with Gasteiger partial charge >= 0.3 is 0 Å². The van der Waals surface area contributed by atoms with E-state index in [-0.39, 0.29) is 17.8 Å². The van der Waals surface area contributed by atoms with Gasteiger partial charge in [0.15, 0.2) is 0 Å². The predicted octanol–water partition coefficient (Wildman–Crippen LogP) is 0.430. The number of hydrogen-bond donors (Lipinski definition) is 1. The third-order valence-corrected chi connectivity index (χ3v) is 4.50. The molecule has 1 aliphatic heterocycles. The fourth-order valence-electron chi connectivity index (χ4n) is 1.68. The van der Waals surface area contributed by atoms with E-state index < -0.39 is 10.0 Å². The maximum Gasteiger partial charge on any atom is 0.214 e. The van der Waals surface area contributed by atoms with Gasteiger partial charge in [-0.3, -0.25) is 0 Å². The molecule has 1 rings (SSSR count). The third kappa shape index (κ3) is 2.93. The summed E-state index contributed by atoms with van der Waals surface area (Å²) in [4.78, 5) is 0. The van der Waals surface area contributed by atoms with Gasteiger partial charge in [-0.15, -0.1) is 0 Å². The summed E-state index contributed by atoms with van der Waals surface area (Å²) in [6.45, 7) is 5.33. The van der Waals surface area contributed by atoms with Crippen LogP contribution >= 0.6 is 0 Å². The molecule has 1 N–H and O–H groups in total. The van der Waals surface area contributed by atoms with E-state index in [9.17, 15) is 8.42 Å². The number of aliphatic hydroxyl groups excluding tert-OH is 1. The fraction of sp³-hybridized carbons (Fsp3) is 1.00. The lowest BCUT2D eigenvalue weighted by Gasteiger charge is -2.19. The van der Waals surface area contributed by atoms with Crippen molar-refractivity contribution in [3.8, 4) is 0 Å². The first-order valence-electron chi connectivity index (χ1n) is 4.96. The minimum atomic E-state index is -3.12. The largest absolute Gasteiger partial charge is 0.396 e. The average molecular weight is 221 g/mol. The van der Waals surface area contributed by atoms with Gasteiger partial charge in [0.25, 0.3) is 0 Å². The maximum absolute atomic E-state index is 11.7. The number of aliphatic hydroxyl groups is 1. The Morgan fingerprint density at radius 3 is 2.50 bits per heavy atom.